The molecule has 198 valence electrons. The third kappa shape index (κ3) is 4.83. The average Bonchev–Trinajstić information content (AvgIpc) is 3.16. The molecule has 1 amide bonds. The largest absolute Gasteiger partial charge is 0.481 e. The normalized spacial score (nSPS) is 45.7. The summed E-state index contributed by atoms with van der Waals surface area (Å²) in [4.78, 5) is 23.4. The third-order valence-electron chi connectivity index (χ3n) is 11.1. The number of rotatable bonds is 8. The van der Waals surface area contributed by atoms with Crippen LogP contribution < -0.4 is 10.4 Å². The van der Waals surface area contributed by atoms with Crippen LogP contribution >= 0.6 is 8.35 Å². The molecule has 4 rings (SSSR count). The Bertz CT molecular complexity index is 825. The first kappa shape index (κ1) is 27.0. The van der Waals surface area contributed by atoms with Gasteiger partial charge in [-0.1, -0.05) is 27.1 Å². The van der Waals surface area contributed by atoms with Gasteiger partial charge in [0.1, 0.15) is 0 Å². The Morgan fingerprint density at radius 2 is 1.86 bits per heavy atom. The van der Waals surface area contributed by atoms with E-state index in [2.05, 4.69) is 37.5 Å². The van der Waals surface area contributed by atoms with E-state index >= 15 is 0 Å². The summed E-state index contributed by atoms with van der Waals surface area (Å²) in [5.41, 5.74) is -0.209. The summed E-state index contributed by atoms with van der Waals surface area (Å²) in [6.45, 7) is 7.02. The van der Waals surface area contributed by atoms with Gasteiger partial charge < -0.3 is 20.6 Å². The smallest absolute Gasteiger partial charge is 0.303 e. The molecule has 0 bridgehead atoms. The maximum Gasteiger partial charge on any atom is 0.303 e. The molecule has 0 aromatic carbocycles. The minimum absolute atomic E-state index is 0.00172. The molecule has 7 nitrogen and oxygen atoms in total. The fourth-order valence-corrected chi connectivity index (χ4v) is 9.50. The van der Waals surface area contributed by atoms with Crippen LogP contribution in [0.1, 0.15) is 78.6 Å². The lowest BCUT2D eigenvalue weighted by atomic mass is 9.43. The number of hydrogen-bond acceptors (Lipinski definition) is 5. The Morgan fingerprint density at radius 1 is 1.11 bits per heavy atom. The number of carboxylic acids is 1. The molecule has 0 heterocycles. The molecule has 4 fully saturated rings. The first-order valence-electron chi connectivity index (χ1n) is 13.6. The lowest BCUT2D eigenvalue weighted by Gasteiger charge is -2.63. The molecule has 4 saturated carbocycles. The molecular formula is C27H45N2O5P. The van der Waals surface area contributed by atoms with E-state index in [9.17, 15) is 24.9 Å². The number of carbonyl (C=O) groups excluding carboxylic acids is 1. The Kier molecular flexibility index (Phi) is 8.03. The minimum atomic E-state index is -0.757. The Hall–Kier alpha value is -1.01. The van der Waals surface area contributed by atoms with Crippen molar-refractivity contribution in [1.29, 1.82) is 0 Å². The van der Waals surface area contributed by atoms with Gasteiger partial charge in [0.15, 0.2) is 0 Å². The summed E-state index contributed by atoms with van der Waals surface area (Å²) < 4.78 is 0. The maximum atomic E-state index is 12.3. The van der Waals surface area contributed by atoms with Gasteiger partial charge in [0, 0.05) is 12.5 Å². The Labute approximate surface area is 211 Å². The highest BCUT2D eigenvalue weighted by Crippen LogP contribution is 2.68. The van der Waals surface area contributed by atoms with Crippen molar-refractivity contribution >= 4 is 26.5 Å². The zero-order chi connectivity index (χ0) is 25.5. The topological polar surface area (TPSA) is 119 Å². The van der Waals surface area contributed by atoms with Crippen LogP contribution in [0.4, 0.5) is 0 Å². The van der Waals surface area contributed by atoms with Crippen LogP contribution in [-0.2, 0) is 9.59 Å². The lowest BCUT2D eigenvalue weighted by Crippen LogP contribution is -2.63. The van der Waals surface area contributed by atoms with Crippen molar-refractivity contribution in [3.05, 3.63) is 0 Å². The van der Waals surface area contributed by atoms with Crippen LogP contribution in [-0.4, -0.2) is 58.3 Å². The number of amides is 1. The number of aliphatic carboxylic acids is 1. The molecule has 4 aliphatic rings. The fraction of sp³-hybridized carbons (Fsp3) is 0.889. The summed E-state index contributed by atoms with van der Waals surface area (Å²) >= 11 is 0. The van der Waals surface area contributed by atoms with Crippen molar-refractivity contribution in [2.45, 2.75) is 96.8 Å². The molecule has 0 aromatic rings. The summed E-state index contributed by atoms with van der Waals surface area (Å²) in [5, 5.41) is 38.5. The highest BCUT2D eigenvalue weighted by molar-refractivity contribution is 7.34. The van der Waals surface area contributed by atoms with Crippen molar-refractivity contribution in [2.24, 2.45) is 46.3 Å². The van der Waals surface area contributed by atoms with E-state index in [-0.39, 0.29) is 71.4 Å². The van der Waals surface area contributed by atoms with Gasteiger partial charge in [-0.05, 0) is 106 Å². The van der Waals surface area contributed by atoms with E-state index < -0.39 is 12.1 Å². The number of fused-ring (bicyclic) bond motifs is 5. The second-order valence-corrected chi connectivity index (χ2v) is 13.2. The van der Waals surface area contributed by atoms with Gasteiger partial charge in [-0.25, -0.2) is 0 Å². The van der Waals surface area contributed by atoms with E-state index in [0.29, 0.717) is 18.8 Å². The highest BCUT2D eigenvalue weighted by atomic mass is 31.1. The van der Waals surface area contributed by atoms with Crippen molar-refractivity contribution in [2.75, 3.05) is 6.54 Å². The molecule has 0 saturated heterocycles. The van der Waals surface area contributed by atoms with Gasteiger partial charge in [0.05, 0.1) is 18.8 Å². The first-order valence-corrected chi connectivity index (χ1v) is 14.7. The van der Waals surface area contributed by atoms with E-state index in [0.717, 1.165) is 46.9 Å². The second kappa shape index (κ2) is 10.4. The molecule has 2 unspecified atom stereocenters. The number of nitrogens with one attached hydrogen (secondary N) is 2. The molecule has 0 aromatic heterocycles. The van der Waals surface area contributed by atoms with Gasteiger partial charge in [0.25, 0.3) is 0 Å². The van der Waals surface area contributed by atoms with Crippen molar-refractivity contribution in [3.8, 4) is 0 Å². The molecule has 11 atom stereocenters. The van der Waals surface area contributed by atoms with Gasteiger partial charge in [-0.15, -0.1) is 0 Å². The molecule has 0 aliphatic heterocycles. The SMILES string of the molecule is C=PNCC(=O)N[C@H]1CC[C@@]2(C)C(C1)C[C@@H](O)C1[C@@H]3CC[C@H]([C@H](C)CCC(=O)O)[C@@]3(C)[C@@H](O)C[C@@H]12. The molecule has 5 N–H and O–H groups in total. The van der Waals surface area contributed by atoms with E-state index in [4.69, 9.17) is 0 Å². The van der Waals surface area contributed by atoms with E-state index in [1.165, 1.54) is 0 Å². The quantitative estimate of drug-likeness (QED) is 0.321. The lowest BCUT2D eigenvalue weighted by molar-refractivity contribution is -0.202. The zero-order valence-corrected chi connectivity index (χ0v) is 22.5. The molecule has 0 radical (unpaired) electrons. The van der Waals surface area contributed by atoms with Gasteiger partial charge in [0.2, 0.25) is 5.91 Å². The molecule has 0 spiro atoms. The predicted octanol–water partition coefficient (Wildman–Crippen LogP) is 3.46. The Balaban J connectivity index is 1.50. The molecule has 4 aliphatic carbocycles. The fourth-order valence-electron chi connectivity index (χ4n) is 9.24. The minimum Gasteiger partial charge on any atom is -0.481 e. The van der Waals surface area contributed by atoms with Crippen LogP contribution in [0, 0.1) is 46.3 Å². The number of hydrogen-bond donors (Lipinski definition) is 5. The second-order valence-electron chi connectivity index (χ2n) is 12.5. The van der Waals surface area contributed by atoms with Crippen LogP contribution in [0.3, 0.4) is 0 Å². The van der Waals surface area contributed by atoms with Crippen LogP contribution in [0.2, 0.25) is 0 Å². The zero-order valence-electron chi connectivity index (χ0n) is 21.6. The van der Waals surface area contributed by atoms with Gasteiger partial charge in [-0.2, -0.15) is 0 Å². The number of carboxylic acid groups (broad SMARTS) is 1. The average molecular weight is 509 g/mol. The number of aliphatic hydroxyl groups excluding tert-OH is 2. The maximum absolute atomic E-state index is 12.3. The molecular weight excluding hydrogens is 463 g/mol. The predicted molar refractivity (Wildman–Crippen MR) is 138 cm³/mol. The summed E-state index contributed by atoms with van der Waals surface area (Å²) in [6, 6.07) is 0.136. The summed E-state index contributed by atoms with van der Waals surface area (Å²) in [7, 11) is 0.746. The van der Waals surface area contributed by atoms with Gasteiger partial charge >= 0.3 is 5.97 Å². The van der Waals surface area contributed by atoms with Crippen molar-refractivity contribution in [1.82, 2.24) is 10.4 Å². The standard InChI is InChI=1S/C27H45N2O5P/c1-15(5-8-24(33)34)18-6-7-19-25-20(13-22(31)27(18,19)3)26(2)10-9-17(11-16(26)12-21(25)30)29-23(32)14-28-35-4/h15-22,25,28,30-31H,4-14H2,1-3H3,(H,29,32)(H,33,34)/t15-,16?,17+,18-,19+,20+,21-,22+,25?,26+,27-/m1/s1. The monoisotopic (exact) mass is 508 g/mol. The van der Waals surface area contributed by atoms with E-state index in [1.54, 1.807) is 0 Å². The summed E-state index contributed by atoms with van der Waals surface area (Å²) in [6.07, 6.45) is 10.0. The molecule has 35 heavy (non-hydrogen) atoms. The number of carbonyl (C=O) groups is 2. The van der Waals surface area contributed by atoms with Gasteiger partial charge in [-0.3, -0.25) is 14.7 Å². The Morgan fingerprint density at radius 3 is 2.54 bits per heavy atom. The highest BCUT2D eigenvalue weighted by Gasteiger charge is 2.65. The first-order chi connectivity index (χ1) is 16.5. The van der Waals surface area contributed by atoms with Crippen molar-refractivity contribution in [3.63, 3.8) is 0 Å². The molecule has 8 heteroatoms. The van der Waals surface area contributed by atoms with Crippen LogP contribution in [0.5, 0.6) is 0 Å². The van der Waals surface area contributed by atoms with Crippen molar-refractivity contribution < 1.29 is 24.9 Å². The summed E-state index contributed by atoms with van der Waals surface area (Å²) in [5.74, 6) is 0.847. The van der Waals surface area contributed by atoms with Crippen LogP contribution in [0.25, 0.3) is 0 Å². The van der Waals surface area contributed by atoms with Crippen LogP contribution in [0.15, 0.2) is 0 Å². The van der Waals surface area contributed by atoms with E-state index in [1.807, 2.05) is 0 Å². The third-order valence-corrected chi connectivity index (χ3v) is 11.5. The number of aliphatic hydroxyl groups is 2.